The molecule has 6 nitrogen and oxygen atoms in total. The molecule has 0 aliphatic heterocycles. The number of phosphoric acid groups is 1. The van der Waals surface area contributed by atoms with Crippen molar-refractivity contribution in [1.29, 1.82) is 0 Å². The van der Waals surface area contributed by atoms with Crippen LogP contribution in [0.15, 0.2) is 0 Å². The molecule has 0 fully saturated rings. The second kappa shape index (κ2) is 19.7. The van der Waals surface area contributed by atoms with Crippen molar-refractivity contribution in [3.05, 3.63) is 0 Å². The molecule has 0 bridgehead atoms. The van der Waals surface area contributed by atoms with Crippen molar-refractivity contribution in [2.45, 2.75) is 96.8 Å². The second-order valence-electron chi connectivity index (χ2n) is 9.36. The summed E-state index contributed by atoms with van der Waals surface area (Å²) >= 11 is 0. The van der Waals surface area contributed by atoms with Gasteiger partial charge in [0.05, 0.1) is 27.7 Å². The van der Waals surface area contributed by atoms with Crippen LogP contribution >= 0.6 is 7.82 Å². The van der Waals surface area contributed by atoms with E-state index in [9.17, 15) is 9.46 Å². The Morgan fingerprint density at radius 2 is 1.03 bits per heavy atom. The van der Waals surface area contributed by atoms with E-state index in [-0.39, 0.29) is 13.2 Å². The van der Waals surface area contributed by atoms with Crippen molar-refractivity contribution in [1.82, 2.24) is 0 Å². The number of rotatable bonds is 23. The maximum Gasteiger partial charge on any atom is 0.472 e. The predicted molar refractivity (Wildman–Crippen MR) is 126 cm³/mol. The molecule has 0 radical (unpaired) electrons. The number of ether oxygens (including phenoxy) is 1. The molecule has 0 aromatic rings. The minimum atomic E-state index is -3.89. The largest absolute Gasteiger partial charge is 0.472 e. The summed E-state index contributed by atoms with van der Waals surface area (Å²) in [5.41, 5.74) is 0. The van der Waals surface area contributed by atoms with Crippen LogP contribution in [0.5, 0.6) is 0 Å². The van der Waals surface area contributed by atoms with Crippen molar-refractivity contribution in [2.75, 3.05) is 54.1 Å². The summed E-state index contributed by atoms with van der Waals surface area (Å²) in [7, 11) is 2.14. The maximum absolute atomic E-state index is 11.8. The van der Waals surface area contributed by atoms with Crippen molar-refractivity contribution in [2.24, 2.45) is 0 Å². The van der Waals surface area contributed by atoms with Gasteiger partial charge in [-0.15, -0.1) is 0 Å². The zero-order valence-electron chi connectivity index (χ0n) is 20.4. The molecule has 0 amide bonds. The fourth-order valence-corrected chi connectivity index (χ4v) is 3.85. The van der Waals surface area contributed by atoms with Crippen LogP contribution in [0.2, 0.25) is 0 Å². The summed E-state index contributed by atoms with van der Waals surface area (Å²) in [5.74, 6) is 0. The number of unbranched alkanes of at least 4 members (excludes halogenated alkanes) is 12. The van der Waals surface area contributed by atoms with Crippen molar-refractivity contribution < 1.29 is 27.7 Å². The molecule has 0 rings (SSSR count). The first-order valence-corrected chi connectivity index (χ1v) is 13.8. The van der Waals surface area contributed by atoms with Gasteiger partial charge in [0.15, 0.2) is 0 Å². The van der Waals surface area contributed by atoms with Gasteiger partial charge in [-0.25, -0.2) is 4.57 Å². The fraction of sp³-hybridized carbons (Fsp3) is 1.00. The summed E-state index contributed by atoms with van der Waals surface area (Å²) in [6.07, 6.45) is 17.1. The highest BCUT2D eigenvalue weighted by molar-refractivity contribution is 7.47. The number of nitrogens with zero attached hydrogens (tertiary/aromatic N) is 1. The average molecular weight is 453 g/mol. The molecule has 0 heterocycles. The third-order valence-corrected chi connectivity index (χ3v) is 6.11. The average Bonchev–Trinajstić information content (AvgIpc) is 2.65. The highest BCUT2D eigenvalue weighted by Crippen LogP contribution is 2.43. The van der Waals surface area contributed by atoms with Gasteiger partial charge >= 0.3 is 7.82 Å². The second-order valence-corrected chi connectivity index (χ2v) is 10.8. The van der Waals surface area contributed by atoms with E-state index in [4.69, 9.17) is 13.8 Å². The lowest BCUT2D eigenvalue weighted by molar-refractivity contribution is -0.870. The SMILES string of the molecule is CCCCCCCCOCCCCCCCCCCOP(=O)(O)OCC[N+](C)(C)C. The summed E-state index contributed by atoms with van der Waals surface area (Å²) in [5, 5.41) is 0. The van der Waals surface area contributed by atoms with Crippen LogP contribution in [0.25, 0.3) is 0 Å². The molecular formula is C23H51NO5P+. The van der Waals surface area contributed by atoms with E-state index in [1.807, 2.05) is 21.1 Å². The highest BCUT2D eigenvalue weighted by atomic mass is 31.2. The van der Waals surface area contributed by atoms with E-state index in [2.05, 4.69) is 6.92 Å². The molecule has 1 unspecified atom stereocenters. The molecule has 30 heavy (non-hydrogen) atoms. The Morgan fingerprint density at radius 1 is 0.633 bits per heavy atom. The third kappa shape index (κ3) is 24.3. The van der Waals surface area contributed by atoms with E-state index in [0.29, 0.717) is 11.0 Å². The summed E-state index contributed by atoms with van der Waals surface area (Å²) in [6.45, 7) is 5.26. The van der Waals surface area contributed by atoms with Crippen LogP contribution in [0.3, 0.4) is 0 Å². The molecule has 0 aliphatic carbocycles. The molecule has 0 aliphatic rings. The van der Waals surface area contributed by atoms with Crippen LogP contribution in [-0.4, -0.2) is 63.5 Å². The lowest BCUT2D eigenvalue weighted by atomic mass is 10.1. The first-order valence-electron chi connectivity index (χ1n) is 12.3. The van der Waals surface area contributed by atoms with Gasteiger partial charge < -0.3 is 14.1 Å². The standard InChI is InChI=1S/C23H50NO5P/c1-5-6-7-8-13-16-20-27-21-17-14-11-9-10-12-15-18-22-28-30(25,26)29-23-19-24(2,3)4/h5-23H2,1-4H3/p+1. The van der Waals surface area contributed by atoms with E-state index >= 15 is 0 Å². The highest BCUT2D eigenvalue weighted by Gasteiger charge is 2.21. The zero-order valence-corrected chi connectivity index (χ0v) is 21.3. The van der Waals surface area contributed by atoms with Gasteiger partial charge in [-0.05, 0) is 19.3 Å². The van der Waals surface area contributed by atoms with Crippen molar-refractivity contribution >= 4 is 7.82 Å². The normalized spacial score (nSPS) is 14.2. The van der Waals surface area contributed by atoms with Crippen LogP contribution in [0.4, 0.5) is 0 Å². The van der Waals surface area contributed by atoms with Gasteiger partial charge in [0.25, 0.3) is 0 Å². The minimum Gasteiger partial charge on any atom is -0.381 e. The lowest BCUT2D eigenvalue weighted by Crippen LogP contribution is -2.37. The topological polar surface area (TPSA) is 65.0 Å². The number of hydrogen-bond donors (Lipinski definition) is 1. The quantitative estimate of drug-likeness (QED) is 0.112. The number of quaternary nitrogens is 1. The zero-order chi connectivity index (χ0) is 22.6. The molecule has 0 saturated carbocycles. The van der Waals surface area contributed by atoms with Gasteiger partial charge in [0.1, 0.15) is 13.2 Å². The van der Waals surface area contributed by atoms with Crippen LogP contribution in [-0.2, 0) is 18.3 Å². The Kier molecular flexibility index (Phi) is 19.7. The molecule has 7 heteroatoms. The Labute approximate surface area is 186 Å². The molecule has 182 valence electrons. The molecular weight excluding hydrogens is 401 g/mol. The molecule has 1 atom stereocenters. The molecule has 0 aromatic carbocycles. The van der Waals surface area contributed by atoms with Gasteiger partial charge in [0, 0.05) is 13.2 Å². The lowest BCUT2D eigenvalue weighted by Gasteiger charge is -2.24. The van der Waals surface area contributed by atoms with Gasteiger partial charge in [-0.3, -0.25) is 9.05 Å². The number of likely N-dealkylation sites (N-methyl/N-ethyl adjacent to an activating group) is 1. The number of hydrogen-bond acceptors (Lipinski definition) is 4. The van der Waals surface area contributed by atoms with Gasteiger partial charge in [0.2, 0.25) is 0 Å². The van der Waals surface area contributed by atoms with E-state index < -0.39 is 7.82 Å². The van der Waals surface area contributed by atoms with Crippen molar-refractivity contribution in [3.8, 4) is 0 Å². The molecule has 0 saturated heterocycles. The Hall–Kier alpha value is 0.0300. The van der Waals surface area contributed by atoms with Gasteiger partial charge in [-0.2, -0.15) is 0 Å². The Bertz CT molecular complexity index is 415. The van der Waals surface area contributed by atoms with Crippen LogP contribution in [0.1, 0.15) is 96.8 Å². The monoisotopic (exact) mass is 452 g/mol. The first kappa shape index (κ1) is 30.0. The van der Waals surface area contributed by atoms with E-state index in [0.717, 1.165) is 32.5 Å². The first-order chi connectivity index (χ1) is 14.3. The van der Waals surface area contributed by atoms with Crippen LogP contribution < -0.4 is 0 Å². The van der Waals surface area contributed by atoms with Crippen molar-refractivity contribution in [3.63, 3.8) is 0 Å². The van der Waals surface area contributed by atoms with E-state index in [1.54, 1.807) is 0 Å². The minimum absolute atomic E-state index is 0.224. The smallest absolute Gasteiger partial charge is 0.381 e. The number of phosphoric ester groups is 1. The Balaban J connectivity index is 3.26. The Morgan fingerprint density at radius 3 is 1.50 bits per heavy atom. The summed E-state index contributed by atoms with van der Waals surface area (Å²) < 4.78 is 28.2. The molecule has 1 N–H and O–H groups in total. The molecule has 0 spiro atoms. The molecule has 0 aromatic heterocycles. The fourth-order valence-electron chi connectivity index (χ4n) is 3.10. The third-order valence-electron chi connectivity index (χ3n) is 5.10. The van der Waals surface area contributed by atoms with E-state index in [1.165, 1.54) is 70.6 Å². The predicted octanol–water partition coefficient (Wildman–Crippen LogP) is 6.32. The van der Waals surface area contributed by atoms with Gasteiger partial charge in [-0.1, -0.05) is 77.6 Å². The van der Waals surface area contributed by atoms with Crippen LogP contribution in [0, 0.1) is 0 Å². The summed E-state index contributed by atoms with van der Waals surface area (Å²) in [4.78, 5) is 9.64. The summed E-state index contributed by atoms with van der Waals surface area (Å²) in [6, 6.07) is 0. The maximum atomic E-state index is 11.8.